The van der Waals surface area contributed by atoms with E-state index in [4.69, 9.17) is 9.72 Å². The van der Waals surface area contributed by atoms with Crippen molar-refractivity contribution in [3.05, 3.63) is 29.3 Å². The maximum absolute atomic E-state index is 13.0. The monoisotopic (exact) mass is 416 g/mol. The number of ether oxygens (including phenoxy) is 1. The zero-order valence-electron chi connectivity index (χ0n) is 17.9. The van der Waals surface area contributed by atoms with E-state index in [2.05, 4.69) is 41.8 Å². The van der Waals surface area contributed by atoms with E-state index in [1.165, 1.54) is 9.71 Å². The number of piperazine rings is 1. The summed E-state index contributed by atoms with van der Waals surface area (Å²) >= 11 is 1.79. The summed E-state index contributed by atoms with van der Waals surface area (Å²) in [4.78, 5) is 24.7. The predicted octanol–water partition coefficient (Wildman–Crippen LogP) is 3.00. The fourth-order valence-electron chi connectivity index (χ4n) is 4.52. The Kier molecular flexibility index (Phi) is 6.20. The Labute approximate surface area is 177 Å². The summed E-state index contributed by atoms with van der Waals surface area (Å²) in [5, 5.41) is 1.18. The zero-order valence-corrected chi connectivity index (χ0v) is 18.7. The standard InChI is InChI=1S/C22H32N4O2S/c1-15-13-26(14-16(2)28-15)22(27)18(4)25-11-9-24(10-12-25)17(3)21-23-19-7-5-6-8-20(19)29-21/h5-8,15-18H,9-14H2,1-4H3. The third-order valence-corrected chi connectivity index (χ3v) is 7.41. The first-order chi connectivity index (χ1) is 13.9. The molecule has 158 valence electrons. The van der Waals surface area contributed by atoms with Gasteiger partial charge in [0.15, 0.2) is 0 Å². The average molecular weight is 417 g/mol. The van der Waals surface area contributed by atoms with Gasteiger partial charge in [-0.1, -0.05) is 12.1 Å². The summed E-state index contributed by atoms with van der Waals surface area (Å²) in [6, 6.07) is 8.57. The van der Waals surface area contributed by atoms with Crippen LogP contribution in [0.3, 0.4) is 0 Å². The molecule has 0 spiro atoms. The quantitative estimate of drug-likeness (QED) is 0.767. The highest BCUT2D eigenvalue weighted by Gasteiger charge is 2.33. The lowest BCUT2D eigenvalue weighted by molar-refractivity contribution is -0.149. The van der Waals surface area contributed by atoms with Gasteiger partial charge in [-0.25, -0.2) is 4.98 Å². The van der Waals surface area contributed by atoms with Gasteiger partial charge in [0.1, 0.15) is 5.01 Å². The molecule has 0 aliphatic carbocycles. The van der Waals surface area contributed by atoms with Gasteiger partial charge in [0.05, 0.1) is 34.5 Å². The number of thiazole rings is 1. The first-order valence-corrected chi connectivity index (χ1v) is 11.5. The number of nitrogens with zero attached hydrogens (tertiary/aromatic N) is 4. The molecule has 1 aromatic carbocycles. The van der Waals surface area contributed by atoms with Gasteiger partial charge in [-0.3, -0.25) is 14.6 Å². The van der Waals surface area contributed by atoms with Crippen molar-refractivity contribution < 1.29 is 9.53 Å². The van der Waals surface area contributed by atoms with Crippen molar-refractivity contribution >= 4 is 27.5 Å². The van der Waals surface area contributed by atoms with Gasteiger partial charge >= 0.3 is 0 Å². The predicted molar refractivity (Wildman–Crippen MR) is 117 cm³/mol. The Bertz CT molecular complexity index is 805. The summed E-state index contributed by atoms with van der Waals surface area (Å²) in [5.41, 5.74) is 1.09. The molecule has 29 heavy (non-hydrogen) atoms. The average Bonchev–Trinajstić information content (AvgIpc) is 3.16. The molecule has 0 N–H and O–H groups in total. The number of para-hydroxylation sites is 1. The van der Waals surface area contributed by atoms with E-state index in [1.54, 1.807) is 11.3 Å². The number of carbonyl (C=O) groups excluding carboxylic acids is 1. The van der Waals surface area contributed by atoms with Gasteiger partial charge in [-0.2, -0.15) is 0 Å². The molecule has 1 aromatic heterocycles. The first kappa shape index (κ1) is 20.7. The van der Waals surface area contributed by atoms with Crippen molar-refractivity contribution in [1.29, 1.82) is 0 Å². The molecule has 2 aliphatic heterocycles. The lowest BCUT2D eigenvalue weighted by Gasteiger charge is -2.42. The molecule has 4 unspecified atom stereocenters. The molecular formula is C22H32N4O2S. The van der Waals surface area contributed by atoms with E-state index in [1.807, 2.05) is 24.8 Å². The molecule has 2 aromatic rings. The van der Waals surface area contributed by atoms with Crippen molar-refractivity contribution in [1.82, 2.24) is 19.7 Å². The normalized spacial score (nSPS) is 26.6. The third kappa shape index (κ3) is 4.48. The maximum Gasteiger partial charge on any atom is 0.239 e. The number of carbonyl (C=O) groups is 1. The van der Waals surface area contributed by atoms with Crippen LogP contribution in [0.1, 0.15) is 38.7 Å². The number of morpholine rings is 1. The van der Waals surface area contributed by atoms with Gasteiger partial charge in [-0.05, 0) is 39.8 Å². The van der Waals surface area contributed by atoms with Crippen LogP contribution in [0.4, 0.5) is 0 Å². The molecule has 0 bridgehead atoms. The molecule has 2 fully saturated rings. The molecule has 0 radical (unpaired) electrons. The summed E-state index contributed by atoms with van der Waals surface area (Å²) in [7, 11) is 0. The minimum atomic E-state index is -0.0765. The molecule has 0 saturated carbocycles. The van der Waals surface area contributed by atoms with Crippen molar-refractivity contribution in [2.75, 3.05) is 39.3 Å². The van der Waals surface area contributed by atoms with E-state index in [0.717, 1.165) is 31.7 Å². The van der Waals surface area contributed by atoms with Crippen LogP contribution in [-0.2, 0) is 9.53 Å². The SMILES string of the molecule is CC1CN(C(=O)C(C)N2CCN(C(C)c3nc4ccccc4s3)CC2)CC(C)O1. The third-order valence-electron chi connectivity index (χ3n) is 6.20. The van der Waals surface area contributed by atoms with Crippen LogP contribution >= 0.6 is 11.3 Å². The number of hydrogen-bond acceptors (Lipinski definition) is 6. The van der Waals surface area contributed by atoms with Gasteiger partial charge in [-0.15, -0.1) is 11.3 Å². The fraction of sp³-hybridized carbons (Fsp3) is 0.636. The van der Waals surface area contributed by atoms with Crippen LogP contribution in [0.25, 0.3) is 10.2 Å². The molecule has 4 atom stereocenters. The maximum atomic E-state index is 13.0. The van der Waals surface area contributed by atoms with Crippen molar-refractivity contribution in [3.8, 4) is 0 Å². The van der Waals surface area contributed by atoms with Crippen LogP contribution in [0.2, 0.25) is 0 Å². The molecular weight excluding hydrogens is 384 g/mol. The Morgan fingerprint density at radius 2 is 1.69 bits per heavy atom. The lowest BCUT2D eigenvalue weighted by atomic mass is 10.1. The zero-order chi connectivity index (χ0) is 20.5. The van der Waals surface area contributed by atoms with E-state index < -0.39 is 0 Å². The van der Waals surface area contributed by atoms with E-state index in [9.17, 15) is 4.79 Å². The smallest absolute Gasteiger partial charge is 0.239 e. The van der Waals surface area contributed by atoms with Crippen LogP contribution in [-0.4, -0.2) is 83.1 Å². The number of hydrogen-bond donors (Lipinski definition) is 0. The summed E-state index contributed by atoms with van der Waals surface area (Å²) in [6.07, 6.45) is 0.225. The Hall–Kier alpha value is -1.54. The van der Waals surface area contributed by atoms with Crippen molar-refractivity contribution in [2.24, 2.45) is 0 Å². The molecule has 3 heterocycles. The van der Waals surface area contributed by atoms with Crippen LogP contribution < -0.4 is 0 Å². The summed E-state index contributed by atoms with van der Waals surface area (Å²) in [6.45, 7) is 13.5. The molecule has 2 aliphatic rings. The number of benzene rings is 1. The Morgan fingerprint density at radius 3 is 2.34 bits per heavy atom. The lowest BCUT2D eigenvalue weighted by Crippen LogP contribution is -2.57. The second-order valence-corrected chi connectivity index (χ2v) is 9.51. The van der Waals surface area contributed by atoms with Crippen LogP contribution in [0, 0.1) is 0 Å². The van der Waals surface area contributed by atoms with Gasteiger partial charge in [0.25, 0.3) is 0 Å². The highest BCUT2D eigenvalue weighted by Crippen LogP contribution is 2.30. The molecule has 7 heteroatoms. The van der Waals surface area contributed by atoms with Gasteiger partial charge < -0.3 is 9.64 Å². The Balaban J connectivity index is 1.34. The highest BCUT2D eigenvalue weighted by molar-refractivity contribution is 7.18. The highest BCUT2D eigenvalue weighted by atomic mass is 32.1. The van der Waals surface area contributed by atoms with Crippen LogP contribution in [0.15, 0.2) is 24.3 Å². The topological polar surface area (TPSA) is 48.9 Å². The minimum absolute atomic E-state index is 0.0765. The largest absolute Gasteiger partial charge is 0.372 e. The Morgan fingerprint density at radius 1 is 1.07 bits per heavy atom. The van der Waals surface area contributed by atoms with Crippen molar-refractivity contribution in [2.45, 2.75) is 52.0 Å². The van der Waals surface area contributed by atoms with Crippen LogP contribution in [0.5, 0.6) is 0 Å². The number of rotatable bonds is 4. The molecule has 2 saturated heterocycles. The van der Waals surface area contributed by atoms with E-state index in [0.29, 0.717) is 19.1 Å². The molecule has 6 nitrogen and oxygen atoms in total. The van der Waals surface area contributed by atoms with Gasteiger partial charge in [0.2, 0.25) is 5.91 Å². The number of fused-ring (bicyclic) bond motifs is 1. The second-order valence-electron chi connectivity index (χ2n) is 8.44. The molecule has 1 amide bonds. The molecule has 4 rings (SSSR count). The summed E-state index contributed by atoms with van der Waals surface area (Å²) in [5.74, 6) is 0.236. The van der Waals surface area contributed by atoms with Gasteiger partial charge in [0, 0.05) is 39.3 Å². The second kappa shape index (κ2) is 8.68. The van der Waals surface area contributed by atoms with E-state index >= 15 is 0 Å². The number of amides is 1. The fourth-order valence-corrected chi connectivity index (χ4v) is 5.57. The van der Waals surface area contributed by atoms with Crippen molar-refractivity contribution in [3.63, 3.8) is 0 Å². The minimum Gasteiger partial charge on any atom is -0.372 e. The first-order valence-electron chi connectivity index (χ1n) is 10.7. The number of aromatic nitrogens is 1. The summed E-state index contributed by atoms with van der Waals surface area (Å²) < 4.78 is 7.03. The van der Waals surface area contributed by atoms with E-state index in [-0.39, 0.29) is 24.2 Å².